The molecule has 3 aromatic heterocycles. The largest absolute Gasteiger partial charge is 0.381 e. The molecule has 9 nitrogen and oxygen atoms in total. The number of pyridine rings is 1. The first-order valence-corrected chi connectivity index (χ1v) is 15.0. The summed E-state index contributed by atoms with van der Waals surface area (Å²) >= 11 is 1.33. The summed E-state index contributed by atoms with van der Waals surface area (Å²) in [5, 5.41) is 7.76. The van der Waals surface area contributed by atoms with Gasteiger partial charge < -0.3 is 24.8 Å². The number of anilines is 2. The Kier molecular flexibility index (Phi) is 11.7. The molecule has 0 unspecified atom stereocenters. The van der Waals surface area contributed by atoms with Crippen LogP contribution in [0.2, 0.25) is 0 Å². The predicted molar refractivity (Wildman–Crippen MR) is 163 cm³/mol. The number of amides is 2. The van der Waals surface area contributed by atoms with Gasteiger partial charge in [0, 0.05) is 42.3 Å². The van der Waals surface area contributed by atoms with Gasteiger partial charge in [-0.2, -0.15) is 0 Å². The number of thiazole rings is 1. The quantitative estimate of drug-likeness (QED) is 0.303. The Labute approximate surface area is 242 Å². The lowest BCUT2D eigenvalue weighted by atomic mass is 10.1. The Bertz CT molecular complexity index is 1220. The van der Waals surface area contributed by atoms with E-state index in [1.165, 1.54) is 17.8 Å². The van der Waals surface area contributed by atoms with Gasteiger partial charge in [-0.1, -0.05) is 26.8 Å². The predicted octanol–water partition coefficient (Wildman–Crippen LogP) is 5.80. The van der Waals surface area contributed by atoms with Gasteiger partial charge in [0.05, 0.1) is 31.0 Å². The standard InChI is InChI=1S/C25H34N6O2S.C5H10O/c1-6-12-30(13-7-2)21-10-8-9-19(27-21)20-17-34-24(28-20)29-22(32)15-26-23(33)18-11-14-31(16-18)25(3,4)5;1-2-5-3-6-4-5/h8-11,14,16-17H,6-7,12-13,15H2,1-5H3,(H,26,33)(H,28,29,32);5H,2-4H2,1H3. The molecule has 40 heavy (non-hydrogen) atoms. The van der Waals surface area contributed by atoms with E-state index in [4.69, 9.17) is 9.72 Å². The van der Waals surface area contributed by atoms with Crippen LogP contribution in [0.3, 0.4) is 0 Å². The summed E-state index contributed by atoms with van der Waals surface area (Å²) < 4.78 is 6.89. The minimum atomic E-state index is -0.330. The molecule has 2 amide bonds. The first-order valence-electron chi connectivity index (χ1n) is 14.2. The normalized spacial score (nSPS) is 13.2. The van der Waals surface area contributed by atoms with E-state index in [9.17, 15) is 9.59 Å². The second kappa shape index (κ2) is 14.9. The van der Waals surface area contributed by atoms with E-state index in [0.717, 1.165) is 56.6 Å². The van der Waals surface area contributed by atoms with Crippen molar-refractivity contribution in [3.05, 3.63) is 47.6 Å². The lowest BCUT2D eigenvalue weighted by Gasteiger charge is -2.23. The molecule has 10 heteroatoms. The lowest BCUT2D eigenvalue weighted by Crippen LogP contribution is -2.32. The number of carbonyl (C=O) groups is 2. The summed E-state index contributed by atoms with van der Waals surface area (Å²) in [6.45, 7) is 16.5. The maximum Gasteiger partial charge on any atom is 0.253 e. The van der Waals surface area contributed by atoms with Crippen LogP contribution in [0.5, 0.6) is 0 Å². The molecule has 2 N–H and O–H groups in total. The molecule has 1 aliphatic heterocycles. The van der Waals surface area contributed by atoms with Crippen LogP contribution in [0, 0.1) is 5.92 Å². The highest BCUT2D eigenvalue weighted by Gasteiger charge is 2.17. The van der Waals surface area contributed by atoms with Crippen molar-refractivity contribution in [2.75, 3.05) is 43.1 Å². The zero-order valence-electron chi connectivity index (χ0n) is 24.7. The second-order valence-corrected chi connectivity index (χ2v) is 11.8. The zero-order valence-corrected chi connectivity index (χ0v) is 25.5. The van der Waals surface area contributed by atoms with E-state index in [0.29, 0.717) is 16.4 Å². The molecule has 0 aliphatic carbocycles. The molecule has 0 aromatic carbocycles. The Morgan fingerprint density at radius 2 is 1.80 bits per heavy atom. The summed E-state index contributed by atoms with van der Waals surface area (Å²) in [5.41, 5.74) is 1.88. The van der Waals surface area contributed by atoms with Crippen molar-refractivity contribution in [1.29, 1.82) is 0 Å². The highest BCUT2D eigenvalue weighted by atomic mass is 32.1. The Morgan fingerprint density at radius 3 is 2.35 bits per heavy atom. The molecule has 0 saturated carbocycles. The summed E-state index contributed by atoms with van der Waals surface area (Å²) in [5.74, 6) is 1.21. The molecule has 0 bridgehead atoms. The fraction of sp³-hybridized carbons (Fsp3) is 0.533. The first kappa shape index (κ1) is 31.3. The van der Waals surface area contributed by atoms with Crippen LogP contribution in [0.15, 0.2) is 42.0 Å². The Morgan fingerprint density at radius 1 is 1.07 bits per heavy atom. The average molecular weight is 569 g/mol. The molecule has 218 valence electrons. The van der Waals surface area contributed by atoms with E-state index in [1.807, 2.05) is 34.3 Å². The number of carbonyl (C=O) groups excluding carboxylic acids is 2. The third-order valence-corrected chi connectivity index (χ3v) is 7.24. The minimum Gasteiger partial charge on any atom is -0.381 e. The number of nitrogens with one attached hydrogen (secondary N) is 2. The van der Waals surface area contributed by atoms with E-state index in [1.54, 1.807) is 12.3 Å². The number of nitrogens with zero attached hydrogens (tertiary/aromatic N) is 4. The maximum atomic E-state index is 12.4. The topological polar surface area (TPSA) is 101 Å². The summed E-state index contributed by atoms with van der Waals surface area (Å²) in [6.07, 6.45) is 7.04. The number of rotatable bonds is 11. The summed E-state index contributed by atoms with van der Waals surface area (Å²) in [7, 11) is 0. The summed E-state index contributed by atoms with van der Waals surface area (Å²) in [6, 6.07) is 7.66. The minimum absolute atomic E-state index is 0.114. The van der Waals surface area contributed by atoms with Crippen LogP contribution in [-0.2, 0) is 15.1 Å². The van der Waals surface area contributed by atoms with Gasteiger partial charge in [0.1, 0.15) is 11.5 Å². The molecule has 0 atom stereocenters. The van der Waals surface area contributed by atoms with Crippen molar-refractivity contribution in [3.63, 3.8) is 0 Å². The lowest BCUT2D eigenvalue weighted by molar-refractivity contribution is -0.115. The third-order valence-electron chi connectivity index (χ3n) is 6.48. The van der Waals surface area contributed by atoms with Gasteiger partial charge >= 0.3 is 0 Å². The average Bonchev–Trinajstić information content (AvgIpc) is 3.58. The van der Waals surface area contributed by atoms with Crippen molar-refractivity contribution in [3.8, 4) is 11.4 Å². The van der Waals surface area contributed by atoms with E-state index >= 15 is 0 Å². The van der Waals surface area contributed by atoms with Crippen molar-refractivity contribution in [2.24, 2.45) is 5.92 Å². The first-order chi connectivity index (χ1) is 19.1. The zero-order chi connectivity index (χ0) is 29.1. The number of ether oxygens (including phenoxy) is 1. The van der Waals surface area contributed by atoms with Crippen LogP contribution < -0.4 is 15.5 Å². The monoisotopic (exact) mass is 568 g/mol. The van der Waals surface area contributed by atoms with Gasteiger partial charge in [0.2, 0.25) is 5.91 Å². The van der Waals surface area contributed by atoms with Crippen molar-refractivity contribution < 1.29 is 14.3 Å². The number of hydrogen-bond donors (Lipinski definition) is 2. The molecule has 1 aliphatic rings. The number of hydrogen-bond acceptors (Lipinski definition) is 7. The smallest absolute Gasteiger partial charge is 0.253 e. The molecule has 3 aromatic rings. The number of aromatic nitrogens is 3. The van der Waals surface area contributed by atoms with Gasteiger partial charge in [0.25, 0.3) is 5.91 Å². The molecule has 4 heterocycles. The fourth-order valence-electron chi connectivity index (χ4n) is 3.97. The maximum absolute atomic E-state index is 12.4. The summed E-state index contributed by atoms with van der Waals surface area (Å²) in [4.78, 5) is 36.3. The highest BCUT2D eigenvalue weighted by molar-refractivity contribution is 7.14. The van der Waals surface area contributed by atoms with Crippen LogP contribution in [0.4, 0.5) is 10.9 Å². The van der Waals surface area contributed by atoms with Crippen LogP contribution in [0.25, 0.3) is 11.4 Å². The SMILES string of the molecule is CCC1COC1.CCCN(CCC)c1cccc(-c2csc(NC(=O)CNC(=O)c3ccn(C(C)(C)C)c3)n2)n1. The Balaban J connectivity index is 0.000000649. The van der Waals surface area contributed by atoms with Crippen molar-refractivity contribution in [2.45, 2.75) is 66.3 Å². The molecule has 1 fully saturated rings. The van der Waals surface area contributed by atoms with Gasteiger partial charge in [-0.15, -0.1) is 11.3 Å². The molecular weight excluding hydrogens is 524 g/mol. The van der Waals surface area contributed by atoms with Gasteiger partial charge in [-0.05, 0) is 58.2 Å². The van der Waals surface area contributed by atoms with Gasteiger partial charge in [-0.3, -0.25) is 9.59 Å². The van der Waals surface area contributed by atoms with Gasteiger partial charge in [0.15, 0.2) is 5.13 Å². The Hall–Kier alpha value is -3.24. The van der Waals surface area contributed by atoms with Crippen LogP contribution >= 0.6 is 11.3 Å². The van der Waals surface area contributed by atoms with Crippen molar-refractivity contribution in [1.82, 2.24) is 19.9 Å². The second-order valence-electron chi connectivity index (χ2n) is 10.9. The third kappa shape index (κ3) is 9.16. The van der Waals surface area contributed by atoms with E-state index in [2.05, 4.69) is 62.1 Å². The molecular formula is C30H44N6O3S. The van der Waals surface area contributed by atoms with E-state index < -0.39 is 0 Å². The molecule has 1 saturated heterocycles. The van der Waals surface area contributed by atoms with Crippen molar-refractivity contribution >= 4 is 34.1 Å². The molecule has 0 spiro atoms. The fourth-order valence-corrected chi connectivity index (χ4v) is 4.69. The van der Waals surface area contributed by atoms with Crippen LogP contribution in [-0.4, -0.2) is 59.2 Å². The highest BCUT2D eigenvalue weighted by Crippen LogP contribution is 2.25. The molecule has 4 rings (SSSR count). The van der Waals surface area contributed by atoms with Gasteiger partial charge in [-0.25, -0.2) is 9.97 Å². The molecule has 0 radical (unpaired) electrons. The van der Waals surface area contributed by atoms with E-state index in [-0.39, 0.29) is 23.9 Å². The van der Waals surface area contributed by atoms with Crippen LogP contribution in [0.1, 0.15) is 71.2 Å².